The predicted octanol–water partition coefficient (Wildman–Crippen LogP) is 3.79. The average molecular weight is 342 g/mol. The zero-order valence-corrected chi connectivity index (χ0v) is 14.0. The molecule has 1 aromatic rings. The van der Waals surface area contributed by atoms with E-state index < -0.39 is 0 Å². The van der Waals surface area contributed by atoms with Crippen LogP contribution in [0.1, 0.15) is 31.2 Å². The fraction of sp³-hybridized carbons (Fsp3) is 0.562. The van der Waals surface area contributed by atoms with Crippen LogP contribution in [-0.4, -0.2) is 36.3 Å². The molecule has 4 heteroatoms. The van der Waals surface area contributed by atoms with Gasteiger partial charge in [0.05, 0.1) is 13.0 Å². The first-order chi connectivity index (χ1) is 9.63. The summed E-state index contributed by atoms with van der Waals surface area (Å²) in [5, 5.41) is 1.04. The van der Waals surface area contributed by atoms with Crippen LogP contribution in [0.2, 0.25) is 0 Å². The second-order valence-electron chi connectivity index (χ2n) is 4.98. The number of benzene rings is 1. The summed E-state index contributed by atoms with van der Waals surface area (Å²) in [6, 6.07) is 7.89. The predicted molar refractivity (Wildman–Crippen MR) is 86.6 cm³/mol. The second-order valence-corrected chi connectivity index (χ2v) is 5.77. The van der Waals surface area contributed by atoms with Crippen LogP contribution < -0.4 is 4.74 Å². The molecule has 0 fully saturated rings. The third kappa shape index (κ3) is 6.94. The molecule has 112 valence electrons. The molecule has 0 atom stereocenters. The van der Waals surface area contributed by atoms with Crippen LogP contribution in [0.25, 0.3) is 0 Å². The number of aryl methyl sites for hydroxylation is 1. The molecule has 1 amide bonds. The van der Waals surface area contributed by atoms with Crippen LogP contribution in [0, 0.1) is 6.92 Å². The Hall–Kier alpha value is -1.03. The minimum Gasteiger partial charge on any atom is -0.493 e. The minimum atomic E-state index is 0.150. The molecule has 0 aromatic heterocycles. The van der Waals surface area contributed by atoms with Gasteiger partial charge >= 0.3 is 0 Å². The molecule has 0 saturated heterocycles. The van der Waals surface area contributed by atoms with Crippen molar-refractivity contribution in [2.24, 2.45) is 0 Å². The lowest BCUT2D eigenvalue weighted by atomic mass is 10.2. The number of hydrogen-bond donors (Lipinski definition) is 0. The van der Waals surface area contributed by atoms with Crippen molar-refractivity contribution in [1.29, 1.82) is 0 Å². The lowest BCUT2D eigenvalue weighted by Gasteiger charge is -2.17. The van der Waals surface area contributed by atoms with Crippen molar-refractivity contribution in [2.45, 2.75) is 32.6 Å². The summed E-state index contributed by atoms with van der Waals surface area (Å²) >= 11 is 3.41. The van der Waals surface area contributed by atoms with E-state index in [-0.39, 0.29) is 5.91 Å². The van der Waals surface area contributed by atoms with Gasteiger partial charge in [-0.3, -0.25) is 4.79 Å². The molecule has 0 spiro atoms. The number of carbonyl (C=O) groups is 1. The molecule has 0 aliphatic rings. The zero-order valence-electron chi connectivity index (χ0n) is 12.4. The Morgan fingerprint density at radius 3 is 2.80 bits per heavy atom. The lowest BCUT2D eigenvalue weighted by Crippen LogP contribution is -2.28. The van der Waals surface area contributed by atoms with Gasteiger partial charge in [0.15, 0.2) is 0 Å². The van der Waals surface area contributed by atoms with Crippen LogP contribution >= 0.6 is 15.9 Å². The molecule has 0 bridgehead atoms. The molecule has 0 radical (unpaired) electrons. The SMILES string of the molecule is Cc1cccc(OCCC(=O)N(C)CCCCCBr)c1. The van der Waals surface area contributed by atoms with Crippen molar-refractivity contribution >= 4 is 21.8 Å². The Bertz CT molecular complexity index is 409. The third-order valence-electron chi connectivity index (χ3n) is 3.13. The zero-order chi connectivity index (χ0) is 14.8. The molecular formula is C16H24BrNO2. The first kappa shape index (κ1) is 17.0. The van der Waals surface area contributed by atoms with Gasteiger partial charge < -0.3 is 9.64 Å². The van der Waals surface area contributed by atoms with Gasteiger partial charge in [-0.2, -0.15) is 0 Å². The van der Waals surface area contributed by atoms with E-state index in [2.05, 4.69) is 15.9 Å². The molecule has 0 saturated carbocycles. The third-order valence-corrected chi connectivity index (χ3v) is 3.69. The Morgan fingerprint density at radius 1 is 1.30 bits per heavy atom. The number of nitrogens with zero attached hydrogens (tertiary/aromatic N) is 1. The first-order valence-corrected chi connectivity index (χ1v) is 8.25. The summed E-state index contributed by atoms with van der Waals surface area (Å²) in [5.74, 6) is 0.981. The van der Waals surface area contributed by atoms with Gasteiger partial charge in [0.25, 0.3) is 0 Å². The molecule has 0 aliphatic carbocycles. The normalized spacial score (nSPS) is 10.3. The van der Waals surface area contributed by atoms with Crippen LogP contribution in [0.15, 0.2) is 24.3 Å². The van der Waals surface area contributed by atoms with Crippen molar-refractivity contribution < 1.29 is 9.53 Å². The van der Waals surface area contributed by atoms with Gasteiger partial charge in [-0.15, -0.1) is 0 Å². The molecule has 0 heterocycles. The molecule has 0 aliphatic heterocycles. The molecule has 0 unspecified atom stereocenters. The van der Waals surface area contributed by atoms with Gasteiger partial charge in [0.1, 0.15) is 5.75 Å². The summed E-state index contributed by atoms with van der Waals surface area (Å²) in [7, 11) is 1.86. The number of unbranched alkanes of at least 4 members (excludes halogenated alkanes) is 2. The Kier molecular flexibility index (Phi) is 8.35. The number of amides is 1. The topological polar surface area (TPSA) is 29.5 Å². The first-order valence-electron chi connectivity index (χ1n) is 7.13. The molecule has 20 heavy (non-hydrogen) atoms. The lowest BCUT2D eigenvalue weighted by molar-refractivity contribution is -0.130. The number of ether oxygens (including phenoxy) is 1. The summed E-state index contributed by atoms with van der Waals surface area (Å²) < 4.78 is 5.60. The monoisotopic (exact) mass is 341 g/mol. The van der Waals surface area contributed by atoms with Gasteiger partial charge in [0, 0.05) is 18.9 Å². The smallest absolute Gasteiger partial charge is 0.225 e. The summed E-state index contributed by atoms with van der Waals surface area (Å²) in [6.07, 6.45) is 3.82. The highest BCUT2D eigenvalue weighted by molar-refractivity contribution is 9.09. The van der Waals surface area contributed by atoms with Crippen molar-refractivity contribution in [3.8, 4) is 5.75 Å². The van der Waals surface area contributed by atoms with Crippen LogP contribution in [0.5, 0.6) is 5.75 Å². The number of alkyl halides is 1. The van der Waals surface area contributed by atoms with E-state index >= 15 is 0 Å². The highest BCUT2D eigenvalue weighted by Crippen LogP contribution is 2.12. The maximum Gasteiger partial charge on any atom is 0.225 e. The maximum absolute atomic E-state index is 11.9. The number of hydrogen-bond acceptors (Lipinski definition) is 2. The van der Waals surface area contributed by atoms with Crippen molar-refractivity contribution in [2.75, 3.05) is 25.5 Å². The van der Waals surface area contributed by atoms with Gasteiger partial charge in [0.2, 0.25) is 5.91 Å². The number of halogens is 1. The van der Waals surface area contributed by atoms with E-state index in [1.165, 1.54) is 6.42 Å². The minimum absolute atomic E-state index is 0.150. The van der Waals surface area contributed by atoms with E-state index in [0.29, 0.717) is 13.0 Å². The standard InChI is InChI=1S/C16H24BrNO2/c1-14-7-6-8-15(13-14)20-12-9-16(19)18(2)11-5-3-4-10-17/h6-8,13H,3-5,9-12H2,1-2H3. The van der Waals surface area contributed by atoms with Crippen molar-refractivity contribution in [3.05, 3.63) is 29.8 Å². The molecule has 0 N–H and O–H groups in total. The van der Waals surface area contributed by atoms with Crippen molar-refractivity contribution in [1.82, 2.24) is 4.90 Å². The van der Waals surface area contributed by atoms with Crippen molar-refractivity contribution in [3.63, 3.8) is 0 Å². The van der Waals surface area contributed by atoms with Crippen LogP contribution in [0.4, 0.5) is 0 Å². The maximum atomic E-state index is 11.9. The van der Waals surface area contributed by atoms with Crippen LogP contribution in [-0.2, 0) is 4.79 Å². The number of rotatable bonds is 9. The summed E-state index contributed by atoms with van der Waals surface area (Å²) in [4.78, 5) is 13.7. The van der Waals surface area contributed by atoms with E-state index in [9.17, 15) is 4.79 Å². The Balaban J connectivity index is 2.19. The van der Waals surface area contributed by atoms with E-state index in [1.807, 2.05) is 38.2 Å². The fourth-order valence-corrected chi connectivity index (χ4v) is 2.29. The van der Waals surface area contributed by atoms with E-state index in [4.69, 9.17) is 4.74 Å². The highest BCUT2D eigenvalue weighted by atomic mass is 79.9. The van der Waals surface area contributed by atoms with E-state index in [1.54, 1.807) is 4.90 Å². The fourth-order valence-electron chi connectivity index (χ4n) is 1.90. The van der Waals surface area contributed by atoms with Gasteiger partial charge in [-0.25, -0.2) is 0 Å². The highest BCUT2D eigenvalue weighted by Gasteiger charge is 2.08. The quantitative estimate of drug-likeness (QED) is 0.505. The molecular weight excluding hydrogens is 318 g/mol. The van der Waals surface area contributed by atoms with Crippen LogP contribution in [0.3, 0.4) is 0 Å². The average Bonchev–Trinajstić information content (AvgIpc) is 2.43. The largest absolute Gasteiger partial charge is 0.493 e. The van der Waals surface area contributed by atoms with Gasteiger partial charge in [-0.1, -0.05) is 34.5 Å². The van der Waals surface area contributed by atoms with Gasteiger partial charge in [-0.05, 0) is 37.5 Å². The Morgan fingerprint density at radius 2 is 2.10 bits per heavy atom. The Labute approximate surface area is 130 Å². The molecule has 3 nitrogen and oxygen atoms in total. The second kappa shape index (κ2) is 9.81. The molecule has 1 rings (SSSR count). The van der Waals surface area contributed by atoms with E-state index in [0.717, 1.165) is 36.0 Å². The molecule has 1 aromatic carbocycles. The summed E-state index contributed by atoms with van der Waals surface area (Å²) in [5.41, 5.74) is 1.16. The summed E-state index contributed by atoms with van der Waals surface area (Å²) in [6.45, 7) is 3.29. The number of carbonyl (C=O) groups excluding carboxylic acids is 1.